The smallest absolute Gasteiger partial charge is 0.345 e. The van der Waals surface area contributed by atoms with Crippen LogP contribution < -0.4 is 10.1 Å². The number of hydrogen-bond acceptors (Lipinski definition) is 9. The average molecular weight is 522 g/mol. The first kappa shape index (κ1) is 26.0. The molecule has 0 radical (unpaired) electrons. The van der Waals surface area contributed by atoms with Crippen molar-refractivity contribution in [2.24, 2.45) is 0 Å². The van der Waals surface area contributed by atoms with Gasteiger partial charge >= 0.3 is 5.97 Å². The lowest BCUT2D eigenvalue weighted by Gasteiger charge is -2.47. The van der Waals surface area contributed by atoms with E-state index in [2.05, 4.69) is 5.32 Å². The minimum atomic E-state index is -1.55. The second-order valence-electron chi connectivity index (χ2n) is 7.26. The predicted molar refractivity (Wildman–Crippen MR) is 125 cm³/mol. The number of β-lactam (4-membered cyclic amide) rings is 1. The van der Waals surface area contributed by atoms with Gasteiger partial charge in [-0.25, -0.2) is 4.79 Å². The van der Waals surface area contributed by atoms with Gasteiger partial charge in [-0.3, -0.25) is 29.4 Å². The number of alkyl halides is 1. The van der Waals surface area contributed by atoms with Crippen molar-refractivity contribution in [1.29, 1.82) is 0 Å². The van der Waals surface area contributed by atoms with Crippen LogP contribution in [-0.2, 0) is 30.5 Å². The van der Waals surface area contributed by atoms with Gasteiger partial charge in [0, 0.05) is 19.1 Å². The van der Waals surface area contributed by atoms with E-state index in [9.17, 15) is 29.3 Å². The molecule has 35 heavy (non-hydrogen) atoms. The summed E-state index contributed by atoms with van der Waals surface area (Å²) in [6.45, 7) is 0.690. The minimum Gasteiger partial charge on any atom is -0.484 e. The molecule has 13 heteroatoms. The second kappa shape index (κ2) is 11.7. The van der Waals surface area contributed by atoms with E-state index in [0.717, 1.165) is 16.7 Å². The Kier molecular flexibility index (Phi) is 8.66. The van der Waals surface area contributed by atoms with Crippen LogP contribution in [0.3, 0.4) is 0 Å². The molecule has 3 atom stereocenters. The monoisotopic (exact) mass is 521 g/mol. The summed E-state index contributed by atoms with van der Waals surface area (Å²) >= 11 is 6.90. The standard InChI is InChI=1S/C22H20ClN3O8S/c1-13(27)35-21-18(24-17(28)12-33-16-5-3-2-4-6-16)20(29)25(21)19(23)22(30)34-11-14-7-9-15(10-8-14)26(31)32/h2-10,18-19,21H,11-12H2,1H3,(H,24,28)/t18-,19?,21-/m0/s1. The molecular formula is C22H20ClN3O8S. The molecule has 1 N–H and O–H groups in total. The zero-order valence-corrected chi connectivity index (χ0v) is 19.9. The molecule has 3 rings (SSSR count). The lowest BCUT2D eigenvalue weighted by atomic mass is 10.1. The van der Waals surface area contributed by atoms with Crippen molar-refractivity contribution in [3.05, 3.63) is 70.3 Å². The first-order valence-corrected chi connectivity index (χ1v) is 11.5. The van der Waals surface area contributed by atoms with Crippen molar-refractivity contribution in [2.75, 3.05) is 6.61 Å². The molecule has 184 valence electrons. The normalized spacial score (nSPS) is 17.7. The molecule has 1 fully saturated rings. The van der Waals surface area contributed by atoms with E-state index in [4.69, 9.17) is 21.1 Å². The van der Waals surface area contributed by atoms with Crippen LogP contribution in [-0.4, -0.2) is 56.2 Å². The third kappa shape index (κ3) is 6.70. The number of rotatable bonds is 10. The summed E-state index contributed by atoms with van der Waals surface area (Å²) in [5.41, 5.74) is -1.19. The highest BCUT2D eigenvalue weighted by Gasteiger charge is 2.54. The van der Waals surface area contributed by atoms with Crippen LogP contribution in [0, 0.1) is 10.1 Å². The van der Waals surface area contributed by atoms with E-state index in [0.29, 0.717) is 11.3 Å². The zero-order chi connectivity index (χ0) is 25.5. The molecule has 0 saturated carbocycles. The fourth-order valence-electron chi connectivity index (χ4n) is 3.09. The molecule has 1 saturated heterocycles. The lowest BCUT2D eigenvalue weighted by Crippen LogP contribution is -2.72. The number of nitro benzene ring substituents is 1. The number of hydrogen-bond donors (Lipinski definition) is 1. The number of likely N-dealkylation sites (tertiary alicyclic amines) is 1. The van der Waals surface area contributed by atoms with Crippen LogP contribution in [0.25, 0.3) is 0 Å². The number of nitro groups is 1. The molecule has 2 aromatic carbocycles. The largest absolute Gasteiger partial charge is 0.484 e. The van der Waals surface area contributed by atoms with Crippen LogP contribution in [0.4, 0.5) is 5.69 Å². The van der Waals surface area contributed by atoms with E-state index in [1.807, 2.05) is 0 Å². The Morgan fingerprint density at radius 1 is 1.17 bits per heavy atom. The molecule has 1 aliphatic rings. The molecule has 0 aromatic heterocycles. The molecule has 1 aliphatic heterocycles. The van der Waals surface area contributed by atoms with Crippen molar-refractivity contribution >= 4 is 51.9 Å². The van der Waals surface area contributed by atoms with E-state index in [1.54, 1.807) is 30.3 Å². The van der Waals surface area contributed by atoms with Crippen molar-refractivity contribution in [1.82, 2.24) is 10.2 Å². The summed E-state index contributed by atoms with van der Waals surface area (Å²) < 4.78 is 10.5. The van der Waals surface area contributed by atoms with Gasteiger partial charge in [-0.2, -0.15) is 0 Å². The number of esters is 1. The minimum absolute atomic E-state index is 0.118. The van der Waals surface area contributed by atoms with Gasteiger partial charge in [0.2, 0.25) is 5.50 Å². The molecule has 11 nitrogen and oxygen atoms in total. The van der Waals surface area contributed by atoms with Crippen LogP contribution >= 0.6 is 23.4 Å². The van der Waals surface area contributed by atoms with Crippen LogP contribution in [0.1, 0.15) is 12.5 Å². The number of non-ortho nitro benzene ring substituents is 1. The maximum Gasteiger partial charge on any atom is 0.345 e. The Hall–Kier alpha value is -3.64. The molecule has 1 unspecified atom stereocenters. The highest BCUT2D eigenvalue weighted by Crippen LogP contribution is 2.34. The topological polar surface area (TPSA) is 145 Å². The fraction of sp³-hybridized carbons (Fsp3) is 0.273. The quantitative estimate of drug-likeness (QED) is 0.124. The van der Waals surface area contributed by atoms with E-state index >= 15 is 0 Å². The van der Waals surface area contributed by atoms with Crippen LogP contribution in [0.15, 0.2) is 54.6 Å². The van der Waals surface area contributed by atoms with Gasteiger partial charge in [0.05, 0.1) is 4.92 Å². The lowest BCUT2D eigenvalue weighted by molar-refractivity contribution is -0.384. The molecule has 0 spiro atoms. The number of benzene rings is 2. The molecule has 0 bridgehead atoms. The van der Waals surface area contributed by atoms with Gasteiger partial charge in [0.15, 0.2) is 11.7 Å². The maximum atomic E-state index is 12.7. The Bertz CT molecular complexity index is 1120. The summed E-state index contributed by atoms with van der Waals surface area (Å²) in [7, 11) is 0. The molecule has 0 aliphatic carbocycles. The van der Waals surface area contributed by atoms with E-state index in [-0.39, 0.29) is 24.0 Å². The Morgan fingerprint density at radius 2 is 1.83 bits per heavy atom. The Morgan fingerprint density at radius 3 is 2.43 bits per heavy atom. The number of nitrogens with zero attached hydrogens (tertiary/aromatic N) is 2. The number of ether oxygens (including phenoxy) is 2. The Balaban J connectivity index is 1.57. The summed E-state index contributed by atoms with van der Waals surface area (Å²) in [6, 6.07) is 12.9. The third-order valence-electron chi connectivity index (χ3n) is 4.76. The summed E-state index contributed by atoms with van der Waals surface area (Å²) in [4.78, 5) is 60.2. The number of carbonyl (C=O) groups excluding carboxylic acids is 4. The third-order valence-corrected chi connectivity index (χ3v) is 6.22. The number of thioether (sulfide) groups is 1. The maximum absolute atomic E-state index is 12.7. The van der Waals surface area contributed by atoms with Crippen molar-refractivity contribution < 1.29 is 33.6 Å². The molecular weight excluding hydrogens is 502 g/mol. The fourth-order valence-corrected chi connectivity index (χ4v) is 4.43. The SMILES string of the molecule is CC(=O)S[C@H]1[C@@H](NC(=O)COc2ccccc2)C(=O)N1C(Cl)C(=O)OCc1ccc([N+](=O)[O-])cc1. The van der Waals surface area contributed by atoms with Gasteiger partial charge < -0.3 is 14.8 Å². The van der Waals surface area contributed by atoms with Crippen molar-refractivity contribution in [3.63, 3.8) is 0 Å². The predicted octanol–water partition coefficient (Wildman–Crippen LogP) is 2.21. The molecule has 2 amide bonds. The molecule has 1 heterocycles. The van der Waals surface area contributed by atoms with Crippen LogP contribution in [0.2, 0.25) is 0 Å². The van der Waals surface area contributed by atoms with Gasteiger partial charge in [-0.1, -0.05) is 41.6 Å². The highest BCUT2D eigenvalue weighted by atomic mass is 35.5. The van der Waals surface area contributed by atoms with E-state index in [1.165, 1.54) is 31.2 Å². The average Bonchev–Trinajstić information content (AvgIpc) is 2.84. The number of halogens is 1. The van der Waals surface area contributed by atoms with Crippen molar-refractivity contribution in [3.8, 4) is 5.75 Å². The summed E-state index contributed by atoms with van der Waals surface area (Å²) in [5, 5.41) is 11.9. The zero-order valence-electron chi connectivity index (χ0n) is 18.3. The Labute approximate surface area is 208 Å². The van der Waals surface area contributed by atoms with E-state index < -0.39 is 39.6 Å². The van der Waals surface area contributed by atoms with Gasteiger partial charge in [-0.15, -0.1) is 0 Å². The first-order valence-electron chi connectivity index (χ1n) is 10.2. The first-order chi connectivity index (χ1) is 16.7. The van der Waals surface area contributed by atoms with Crippen molar-refractivity contribution in [2.45, 2.75) is 30.4 Å². The number of para-hydroxylation sites is 1. The summed E-state index contributed by atoms with van der Waals surface area (Å²) in [5.74, 6) is -1.74. The number of nitrogens with one attached hydrogen (secondary N) is 1. The van der Waals surface area contributed by atoms with Crippen LogP contribution in [0.5, 0.6) is 5.75 Å². The molecule has 2 aromatic rings. The number of amides is 2. The second-order valence-corrected chi connectivity index (χ2v) is 8.97. The summed E-state index contributed by atoms with van der Waals surface area (Å²) in [6.07, 6.45) is 0. The highest BCUT2D eigenvalue weighted by molar-refractivity contribution is 8.14. The number of carbonyl (C=O) groups is 4. The van der Waals surface area contributed by atoms with Gasteiger partial charge in [0.1, 0.15) is 23.8 Å². The van der Waals surface area contributed by atoms with Gasteiger partial charge in [0.25, 0.3) is 17.5 Å². The van der Waals surface area contributed by atoms with Gasteiger partial charge in [-0.05, 0) is 29.8 Å².